The average Bonchev–Trinajstić information content (AvgIpc) is 2.09. The van der Waals surface area contributed by atoms with Crippen molar-refractivity contribution in [2.45, 2.75) is 6.42 Å². The minimum atomic E-state index is -0.282. The Morgan fingerprint density at radius 2 is 2.00 bits per heavy atom. The van der Waals surface area contributed by atoms with Gasteiger partial charge < -0.3 is 5.32 Å². The van der Waals surface area contributed by atoms with Crippen molar-refractivity contribution < 1.29 is 9.18 Å². The summed E-state index contributed by atoms with van der Waals surface area (Å²) in [6.45, 7) is 0. The molecule has 0 saturated heterocycles. The van der Waals surface area contributed by atoms with Crippen molar-refractivity contribution >= 4 is 5.91 Å². The molecule has 0 spiro atoms. The smallest absolute Gasteiger partial charge is 0.224 e. The monoisotopic (exact) mass is 167 g/mol. The maximum absolute atomic E-state index is 12.4. The lowest BCUT2D eigenvalue weighted by molar-refractivity contribution is -0.119. The van der Waals surface area contributed by atoms with Gasteiger partial charge in [0.05, 0.1) is 6.42 Å². The fourth-order valence-electron chi connectivity index (χ4n) is 0.876. The van der Waals surface area contributed by atoms with Crippen molar-refractivity contribution in [1.29, 1.82) is 0 Å². The van der Waals surface area contributed by atoms with Crippen LogP contribution in [0.15, 0.2) is 24.3 Å². The first-order valence-corrected chi connectivity index (χ1v) is 3.67. The molecule has 0 aromatic heterocycles. The molecule has 0 saturated carbocycles. The third-order valence-corrected chi connectivity index (χ3v) is 1.56. The predicted octanol–water partition coefficient (Wildman–Crippen LogP) is 1.11. The molecule has 0 heterocycles. The van der Waals surface area contributed by atoms with Crippen molar-refractivity contribution in [2.24, 2.45) is 0 Å². The van der Waals surface area contributed by atoms with E-state index in [2.05, 4.69) is 5.32 Å². The Balaban J connectivity index is 2.64. The van der Waals surface area contributed by atoms with Crippen LogP contribution in [0.4, 0.5) is 4.39 Å². The number of likely N-dealkylation sites (N-methyl/N-ethyl adjacent to an activating group) is 1. The minimum Gasteiger partial charge on any atom is -0.359 e. The molecule has 0 atom stereocenters. The van der Waals surface area contributed by atoms with E-state index in [4.69, 9.17) is 0 Å². The summed E-state index contributed by atoms with van der Waals surface area (Å²) in [6.07, 6.45) is 0.302. The summed E-state index contributed by atoms with van der Waals surface area (Å²) < 4.78 is 12.4. The van der Waals surface area contributed by atoms with Gasteiger partial charge >= 0.3 is 0 Å². The van der Waals surface area contributed by atoms with Crippen molar-refractivity contribution in [1.82, 2.24) is 5.32 Å². The minimum absolute atomic E-state index is 0.0680. The number of carbonyl (C=O) groups excluding carboxylic acids is 1. The van der Waals surface area contributed by atoms with Gasteiger partial charge in [0.1, 0.15) is 5.82 Å². The van der Waals surface area contributed by atoms with E-state index >= 15 is 0 Å². The van der Waals surface area contributed by atoms with Crippen LogP contribution in [0, 0.1) is 5.82 Å². The number of hydrogen-bond donors (Lipinski definition) is 1. The number of hydrogen-bond acceptors (Lipinski definition) is 1. The first-order chi connectivity index (χ1) is 5.72. The zero-order chi connectivity index (χ0) is 8.97. The van der Waals surface area contributed by atoms with E-state index in [0.717, 1.165) is 5.56 Å². The first-order valence-electron chi connectivity index (χ1n) is 3.67. The summed E-state index contributed by atoms with van der Waals surface area (Å²) in [5.41, 5.74) is 0.816. The zero-order valence-corrected chi connectivity index (χ0v) is 6.80. The van der Waals surface area contributed by atoms with Crippen LogP contribution in [-0.2, 0) is 11.2 Å². The fraction of sp³-hybridized carbons (Fsp3) is 0.222. The Labute approximate surface area is 70.4 Å². The second kappa shape index (κ2) is 3.85. The molecule has 3 heteroatoms. The van der Waals surface area contributed by atoms with E-state index in [9.17, 15) is 9.18 Å². The molecule has 64 valence electrons. The maximum Gasteiger partial charge on any atom is 0.224 e. The summed E-state index contributed by atoms with van der Waals surface area (Å²) >= 11 is 0. The number of rotatable bonds is 2. The van der Waals surface area contributed by atoms with Crippen LogP contribution in [0.5, 0.6) is 0 Å². The standard InChI is InChI=1S/C9H10FNO/c1-11-9(12)6-7-2-4-8(10)5-3-7/h2-5H,6H2,1H3,(H,11,12). The highest BCUT2D eigenvalue weighted by atomic mass is 19.1. The highest BCUT2D eigenvalue weighted by Crippen LogP contribution is 2.02. The molecule has 0 aliphatic rings. The SMILES string of the molecule is CNC(=O)Cc1ccc(F)cc1. The van der Waals surface area contributed by atoms with Crippen LogP contribution in [0.2, 0.25) is 0 Å². The molecule has 1 amide bonds. The van der Waals surface area contributed by atoms with E-state index in [1.165, 1.54) is 12.1 Å². The van der Waals surface area contributed by atoms with Gasteiger partial charge in [-0.15, -0.1) is 0 Å². The van der Waals surface area contributed by atoms with Crippen LogP contribution in [0.3, 0.4) is 0 Å². The topological polar surface area (TPSA) is 29.1 Å². The lowest BCUT2D eigenvalue weighted by Crippen LogP contribution is -2.19. The molecule has 12 heavy (non-hydrogen) atoms. The largest absolute Gasteiger partial charge is 0.359 e. The number of benzene rings is 1. The molecule has 0 radical (unpaired) electrons. The second-order valence-corrected chi connectivity index (χ2v) is 2.48. The van der Waals surface area contributed by atoms with Gasteiger partial charge in [0, 0.05) is 7.05 Å². The lowest BCUT2D eigenvalue weighted by Gasteiger charge is -1.98. The van der Waals surface area contributed by atoms with Gasteiger partial charge in [0.25, 0.3) is 0 Å². The fourth-order valence-corrected chi connectivity index (χ4v) is 0.876. The number of halogens is 1. The molecule has 0 aliphatic heterocycles. The van der Waals surface area contributed by atoms with Crippen LogP contribution >= 0.6 is 0 Å². The number of carbonyl (C=O) groups is 1. The molecule has 0 fully saturated rings. The Morgan fingerprint density at radius 3 is 2.50 bits per heavy atom. The highest BCUT2D eigenvalue weighted by Gasteiger charge is 1.99. The molecule has 0 unspecified atom stereocenters. The highest BCUT2D eigenvalue weighted by molar-refractivity contribution is 5.78. The predicted molar refractivity (Wildman–Crippen MR) is 44.2 cm³/mol. The molecule has 0 aliphatic carbocycles. The van der Waals surface area contributed by atoms with Gasteiger partial charge in [-0.25, -0.2) is 4.39 Å². The van der Waals surface area contributed by atoms with Crippen molar-refractivity contribution in [3.8, 4) is 0 Å². The summed E-state index contributed by atoms with van der Waals surface area (Å²) in [6, 6.07) is 5.89. The van der Waals surface area contributed by atoms with Gasteiger partial charge in [-0.1, -0.05) is 12.1 Å². The van der Waals surface area contributed by atoms with E-state index in [1.807, 2.05) is 0 Å². The lowest BCUT2D eigenvalue weighted by atomic mass is 10.1. The molecule has 0 bridgehead atoms. The summed E-state index contributed by atoms with van der Waals surface area (Å²) in [5.74, 6) is -0.350. The van der Waals surface area contributed by atoms with Crippen LogP contribution in [-0.4, -0.2) is 13.0 Å². The van der Waals surface area contributed by atoms with Gasteiger partial charge in [0.2, 0.25) is 5.91 Å². The second-order valence-electron chi connectivity index (χ2n) is 2.48. The van der Waals surface area contributed by atoms with Crippen molar-refractivity contribution in [3.63, 3.8) is 0 Å². The van der Waals surface area contributed by atoms with Gasteiger partial charge in [-0.2, -0.15) is 0 Å². The van der Waals surface area contributed by atoms with E-state index < -0.39 is 0 Å². The summed E-state index contributed by atoms with van der Waals surface area (Å²) in [7, 11) is 1.58. The van der Waals surface area contributed by atoms with Crippen LogP contribution in [0.1, 0.15) is 5.56 Å². The first kappa shape index (κ1) is 8.71. The van der Waals surface area contributed by atoms with Gasteiger partial charge in [-0.05, 0) is 17.7 Å². The number of amides is 1. The molecule has 1 N–H and O–H groups in total. The number of nitrogens with one attached hydrogen (secondary N) is 1. The third kappa shape index (κ3) is 2.34. The zero-order valence-electron chi connectivity index (χ0n) is 6.80. The maximum atomic E-state index is 12.4. The molecular formula is C9H10FNO. The summed E-state index contributed by atoms with van der Waals surface area (Å²) in [4.78, 5) is 10.9. The Kier molecular flexibility index (Phi) is 2.80. The van der Waals surface area contributed by atoms with Crippen LogP contribution < -0.4 is 5.32 Å². The van der Waals surface area contributed by atoms with Crippen molar-refractivity contribution in [2.75, 3.05) is 7.05 Å². The average molecular weight is 167 g/mol. The van der Waals surface area contributed by atoms with E-state index in [0.29, 0.717) is 6.42 Å². The van der Waals surface area contributed by atoms with Gasteiger partial charge in [0.15, 0.2) is 0 Å². The van der Waals surface area contributed by atoms with Gasteiger partial charge in [-0.3, -0.25) is 4.79 Å². The van der Waals surface area contributed by atoms with Crippen molar-refractivity contribution in [3.05, 3.63) is 35.6 Å². The summed E-state index contributed by atoms with van der Waals surface area (Å²) in [5, 5.41) is 2.50. The Hall–Kier alpha value is -1.38. The molecular weight excluding hydrogens is 157 g/mol. The molecule has 1 rings (SSSR count). The van der Waals surface area contributed by atoms with E-state index in [-0.39, 0.29) is 11.7 Å². The molecule has 1 aromatic rings. The normalized spacial score (nSPS) is 9.50. The quantitative estimate of drug-likeness (QED) is 0.702. The third-order valence-electron chi connectivity index (χ3n) is 1.56. The van der Waals surface area contributed by atoms with Crippen LogP contribution in [0.25, 0.3) is 0 Å². The molecule has 1 aromatic carbocycles. The Bertz CT molecular complexity index is 268. The molecule has 2 nitrogen and oxygen atoms in total. The Morgan fingerprint density at radius 1 is 1.42 bits per heavy atom. The van der Waals surface area contributed by atoms with E-state index in [1.54, 1.807) is 19.2 Å².